The van der Waals surface area contributed by atoms with Crippen LogP contribution >= 0.6 is 11.6 Å². The van der Waals surface area contributed by atoms with Gasteiger partial charge in [0.25, 0.3) is 0 Å². The predicted octanol–water partition coefficient (Wildman–Crippen LogP) is 3.11. The summed E-state index contributed by atoms with van der Waals surface area (Å²) in [5.41, 5.74) is 7.71. The lowest BCUT2D eigenvalue weighted by Gasteiger charge is -2.08. The molecular formula is C14H14ClNOS. The Morgan fingerprint density at radius 3 is 2.28 bits per heavy atom. The van der Waals surface area contributed by atoms with E-state index in [1.165, 1.54) is 0 Å². The summed E-state index contributed by atoms with van der Waals surface area (Å²) in [5.74, 6) is 0.442. The summed E-state index contributed by atoms with van der Waals surface area (Å²) in [6.07, 6.45) is 0. The van der Waals surface area contributed by atoms with Crippen LogP contribution in [-0.4, -0.2) is 4.21 Å². The van der Waals surface area contributed by atoms with Crippen LogP contribution < -0.4 is 5.73 Å². The first kappa shape index (κ1) is 13.3. The van der Waals surface area contributed by atoms with Crippen molar-refractivity contribution in [3.8, 4) is 0 Å². The van der Waals surface area contributed by atoms with Gasteiger partial charge in [-0.05, 0) is 23.3 Å². The first-order chi connectivity index (χ1) is 8.72. The molecule has 0 aliphatic rings. The molecule has 1 unspecified atom stereocenters. The van der Waals surface area contributed by atoms with E-state index in [4.69, 9.17) is 17.3 Å². The number of hydrogen-bond acceptors (Lipinski definition) is 2. The summed E-state index contributed by atoms with van der Waals surface area (Å²) in [4.78, 5) is 0.672. The van der Waals surface area contributed by atoms with Gasteiger partial charge in [-0.1, -0.05) is 48.0 Å². The molecule has 94 valence electrons. The molecule has 2 nitrogen and oxygen atoms in total. The zero-order valence-corrected chi connectivity index (χ0v) is 11.4. The standard InChI is InChI=1S/C14H14ClNOS/c15-13-7-3-4-8-14(13)18(17)10-12-6-2-1-5-11(12)9-16/h1-8H,9-10,16H2. The number of benzene rings is 2. The Bertz CT molecular complexity index is 571. The van der Waals surface area contributed by atoms with Crippen LogP contribution in [-0.2, 0) is 23.1 Å². The molecule has 1 atom stereocenters. The highest BCUT2D eigenvalue weighted by Gasteiger charge is 2.10. The maximum Gasteiger partial charge on any atom is 0.0589 e. The summed E-state index contributed by atoms with van der Waals surface area (Å²) in [5, 5.41) is 0.543. The van der Waals surface area contributed by atoms with Crippen LogP contribution in [0.5, 0.6) is 0 Å². The van der Waals surface area contributed by atoms with E-state index in [-0.39, 0.29) is 0 Å². The van der Waals surface area contributed by atoms with E-state index in [1.54, 1.807) is 12.1 Å². The fraction of sp³-hybridized carbons (Fsp3) is 0.143. The minimum Gasteiger partial charge on any atom is -0.326 e. The van der Waals surface area contributed by atoms with Gasteiger partial charge >= 0.3 is 0 Å². The van der Waals surface area contributed by atoms with Gasteiger partial charge in [0.2, 0.25) is 0 Å². The fourth-order valence-electron chi connectivity index (χ4n) is 1.75. The molecule has 0 heterocycles. The van der Waals surface area contributed by atoms with Crippen molar-refractivity contribution in [3.63, 3.8) is 0 Å². The van der Waals surface area contributed by atoms with E-state index in [1.807, 2.05) is 36.4 Å². The highest BCUT2D eigenvalue weighted by molar-refractivity contribution is 7.84. The van der Waals surface area contributed by atoms with E-state index in [0.717, 1.165) is 11.1 Å². The SMILES string of the molecule is NCc1ccccc1CS(=O)c1ccccc1Cl. The molecule has 2 rings (SSSR count). The summed E-state index contributed by atoms with van der Waals surface area (Å²) in [7, 11) is -1.15. The first-order valence-electron chi connectivity index (χ1n) is 5.62. The van der Waals surface area contributed by atoms with Crippen LogP contribution in [0.3, 0.4) is 0 Å². The van der Waals surface area contributed by atoms with Gasteiger partial charge < -0.3 is 5.73 Å². The quantitative estimate of drug-likeness (QED) is 0.934. The predicted molar refractivity (Wildman–Crippen MR) is 75.9 cm³/mol. The Morgan fingerprint density at radius 1 is 1.00 bits per heavy atom. The maximum atomic E-state index is 12.3. The summed E-state index contributed by atoms with van der Waals surface area (Å²) < 4.78 is 12.3. The van der Waals surface area contributed by atoms with Crippen LogP contribution in [0, 0.1) is 0 Å². The van der Waals surface area contributed by atoms with Gasteiger partial charge in [-0.3, -0.25) is 4.21 Å². The molecule has 0 saturated carbocycles. The minimum absolute atomic E-state index is 0.442. The largest absolute Gasteiger partial charge is 0.326 e. The van der Waals surface area contributed by atoms with Crippen LogP contribution in [0.4, 0.5) is 0 Å². The highest BCUT2D eigenvalue weighted by Crippen LogP contribution is 2.22. The van der Waals surface area contributed by atoms with Gasteiger partial charge in [-0.15, -0.1) is 0 Å². The molecule has 0 radical (unpaired) electrons. The molecule has 2 N–H and O–H groups in total. The summed E-state index contributed by atoms with van der Waals surface area (Å²) in [6.45, 7) is 0.454. The van der Waals surface area contributed by atoms with Gasteiger partial charge in [-0.25, -0.2) is 0 Å². The second-order valence-electron chi connectivity index (χ2n) is 3.89. The van der Waals surface area contributed by atoms with Crippen molar-refractivity contribution in [1.29, 1.82) is 0 Å². The van der Waals surface area contributed by atoms with Crippen molar-refractivity contribution in [3.05, 3.63) is 64.7 Å². The molecule has 0 spiro atoms. The smallest absolute Gasteiger partial charge is 0.0589 e. The topological polar surface area (TPSA) is 43.1 Å². The molecular weight excluding hydrogens is 266 g/mol. The average Bonchev–Trinajstić information content (AvgIpc) is 2.39. The third-order valence-corrected chi connectivity index (χ3v) is 4.57. The number of hydrogen-bond donors (Lipinski definition) is 1. The second-order valence-corrected chi connectivity index (χ2v) is 5.72. The number of rotatable bonds is 4. The lowest BCUT2D eigenvalue weighted by molar-refractivity contribution is 0.682. The van der Waals surface area contributed by atoms with Crippen molar-refractivity contribution in [2.45, 2.75) is 17.2 Å². The summed E-state index contributed by atoms with van der Waals surface area (Å²) in [6, 6.07) is 15.0. The Morgan fingerprint density at radius 2 is 1.61 bits per heavy atom. The molecule has 2 aromatic carbocycles. The zero-order valence-electron chi connectivity index (χ0n) is 9.80. The van der Waals surface area contributed by atoms with Crippen molar-refractivity contribution in [2.24, 2.45) is 5.73 Å². The molecule has 0 aliphatic carbocycles. The first-order valence-corrected chi connectivity index (χ1v) is 7.32. The van der Waals surface area contributed by atoms with Crippen molar-refractivity contribution < 1.29 is 4.21 Å². The van der Waals surface area contributed by atoms with E-state index < -0.39 is 10.8 Å². The second kappa shape index (κ2) is 6.14. The molecule has 0 bridgehead atoms. The maximum absolute atomic E-state index is 12.3. The van der Waals surface area contributed by atoms with Gasteiger partial charge in [0.1, 0.15) is 0 Å². The normalized spacial score (nSPS) is 12.3. The van der Waals surface area contributed by atoms with Crippen molar-refractivity contribution in [2.75, 3.05) is 0 Å². The van der Waals surface area contributed by atoms with Gasteiger partial charge in [0, 0.05) is 6.54 Å². The highest BCUT2D eigenvalue weighted by atomic mass is 35.5. The zero-order chi connectivity index (χ0) is 13.0. The molecule has 0 saturated heterocycles. The van der Waals surface area contributed by atoms with E-state index in [2.05, 4.69) is 0 Å². The van der Waals surface area contributed by atoms with Gasteiger partial charge in [-0.2, -0.15) is 0 Å². The van der Waals surface area contributed by atoms with Crippen molar-refractivity contribution >= 4 is 22.4 Å². The molecule has 18 heavy (non-hydrogen) atoms. The molecule has 0 amide bonds. The lowest BCUT2D eigenvalue weighted by Crippen LogP contribution is -2.04. The minimum atomic E-state index is -1.15. The van der Waals surface area contributed by atoms with Crippen LogP contribution in [0.1, 0.15) is 11.1 Å². The van der Waals surface area contributed by atoms with E-state index >= 15 is 0 Å². The fourth-order valence-corrected chi connectivity index (χ4v) is 3.38. The van der Waals surface area contributed by atoms with E-state index in [9.17, 15) is 4.21 Å². The Hall–Kier alpha value is -1.16. The van der Waals surface area contributed by atoms with E-state index in [0.29, 0.717) is 22.2 Å². The Kier molecular flexibility index (Phi) is 4.53. The molecule has 2 aromatic rings. The third-order valence-electron chi connectivity index (χ3n) is 2.71. The molecule has 4 heteroatoms. The molecule has 0 aromatic heterocycles. The lowest BCUT2D eigenvalue weighted by atomic mass is 10.1. The van der Waals surface area contributed by atoms with Crippen molar-refractivity contribution in [1.82, 2.24) is 0 Å². The monoisotopic (exact) mass is 279 g/mol. The Labute approximate surface area is 114 Å². The van der Waals surface area contributed by atoms with Crippen LogP contribution in [0.2, 0.25) is 5.02 Å². The number of nitrogens with two attached hydrogens (primary N) is 1. The molecule has 0 fully saturated rings. The average molecular weight is 280 g/mol. The molecule has 0 aliphatic heterocycles. The summed E-state index contributed by atoms with van der Waals surface area (Å²) >= 11 is 6.04. The number of halogens is 1. The third kappa shape index (κ3) is 2.99. The van der Waals surface area contributed by atoms with Gasteiger partial charge in [0.05, 0.1) is 26.5 Å². The Balaban J connectivity index is 2.24. The van der Waals surface area contributed by atoms with Gasteiger partial charge in [0.15, 0.2) is 0 Å². The van der Waals surface area contributed by atoms with Crippen LogP contribution in [0.25, 0.3) is 0 Å². The van der Waals surface area contributed by atoms with Crippen LogP contribution in [0.15, 0.2) is 53.4 Å².